The van der Waals surface area contributed by atoms with Gasteiger partial charge in [0.15, 0.2) is 0 Å². The van der Waals surface area contributed by atoms with Crippen molar-refractivity contribution in [2.45, 2.75) is 45.3 Å². The average Bonchev–Trinajstić information content (AvgIpc) is 3.08. The van der Waals surface area contributed by atoms with E-state index < -0.39 is 17.7 Å². The molecule has 5 heteroatoms. The Morgan fingerprint density at radius 3 is 2.55 bits per heavy atom. The second kappa shape index (κ2) is 8.40. The minimum atomic E-state index is -0.613. The molecule has 0 saturated heterocycles. The Bertz CT molecular complexity index is 938. The van der Waals surface area contributed by atoms with Crippen LogP contribution in [0.5, 0.6) is 5.75 Å². The molecule has 0 bridgehead atoms. The molecule has 2 aromatic carbocycles. The summed E-state index contributed by atoms with van der Waals surface area (Å²) in [6, 6.07) is 14.1. The molecule has 0 aliphatic heterocycles. The van der Waals surface area contributed by atoms with E-state index in [4.69, 9.17) is 15.9 Å². The molecule has 3 rings (SSSR count). The van der Waals surface area contributed by atoms with Gasteiger partial charge in [0.05, 0.1) is 18.2 Å². The Hall–Kier alpha value is -3.26. The SMILES string of the molecule is C#CCN(C(=O)OC(C)(C)C)C1CCc2ccc(OC(=O)c3ccccc3)cc21. The van der Waals surface area contributed by atoms with Crippen LogP contribution in [0.2, 0.25) is 0 Å². The third-order valence-corrected chi connectivity index (χ3v) is 4.65. The second-order valence-corrected chi connectivity index (χ2v) is 7.98. The number of hydrogen-bond donors (Lipinski definition) is 0. The van der Waals surface area contributed by atoms with Crippen LogP contribution in [0.4, 0.5) is 4.79 Å². The first-order valence-electron chi connectivity index (χ1n) is 9.61. The molecule has 0 radical (unpaired) electrons. The van der Waals surface area contributed by atoms with Crippen LogP contribution in [0.1, 0.15) is 54.7 Å². The number of aryl methyl sites for hydroxylation is 1. The van der Waals surface area contributed by atoms with Crippen LogP contribution in [0, 0.1) is 12.3 Å². The Labute approximate surface area is 171 Å². The van der Waals surface area contributed by atoms with Gasteiger partial charge in [-0.25, -0.2) is 9.59 Å². The van der Waals surface area contributed by atoms with Crippen LogP contribution >= 0.6 is 0 Å². The van der Waals surface area contributed by atoms with Crippen molar-refractivity contribution in [1.82, 2.24) is 4.90 Å². The minimum absolute atomic E-state index is 0.146. The monoisotopic (exact) mass is 391 g/mol. The van der Waals surface area contributed by atoms with Crippen molar-refractivity contribution in [3.8, 4) is 18.1 Å². The van der Waals surface area contributed by atoms with Gasteiger partial charge >= 0.3 is 12.1 Å². The molecule has 0 aromatic heterocycles. The van der Waals surface area contributed by atoms with Crippen LogP contribution < -0.4 is 4.74 Å². The van der Waals surface area contributed by atoms with Gasteiger partial charge in [-0.3, -0.25) is 4.90 Å². The quantitative estimate of drug-likeness (QED) is 0.428. The zero-order valence-electron chi connectivity index (χ0n) is 17.0. The number of benzene rings is 2. The molecule has 1 unspecified atom stereocenters. The van der Waals surface area contributed by atoms with Gasteiger partial charge in [0.25, 0.3) is 0 Å². The van der Waals surface area contributed by atoms with Gasteiger partial charge < -0.3 is 9.47 Å². The van der Waals surface area contributed by atoms with Gasteiger partial charge in [0, 0.05) is 0 Å². The molecule has 2 aromatic rings. The van der Waals surface area contributed by atoms with E-state index in [1.807, 2.05) is 39.0 Å². The summed E-state index contributed by atoms with van der Waals surface area (Å²) in [6.45, 7) is 5.61. The van der Waals surface area contributed by atoms with Crippen molar-refractivity contribution >= 4 is 12.1 Å². The summed E-state index contributed by atoms with van der Waals surface area (Å²) >= 11 is 0. The van der Waals surface area contributed by atoms with Crippen molar-refractivity contribution in [1.29, 1.82) is 0 Å². The molecule has 0 saturated carbocycles. The number of amides is 1. The van der Waals surface area contributed by atoms with Crippen LogP contribution in [-0.4, -0.2) is 29.1 Å². The molecule has 5 nitrogen and oxygen atoms in total. The molecule has 1 aliphatic rings. The maximum atomic E-state index is 12.7. The smallest absolute Gasteiger partial charge is 0.411 e. The van der Waals surface area contributed by atoms with E-state index in [1.54, 1.807) is 35.2 Å². The van der Waals surface area contributed by atoms with Gasteiger partial charge in [0.2, 0.25) is 0 Å². The third-order valence-electron chi connectivity index (χ3n) is 4.65. The molecular formula is C24H25NO4. The van der Waals surface area contributed by atoms with Gasteiger partial charge in [0.1, 0.15) is 11.4 Å². The van der Waals surface area contributed by atoms with E-state index in [9.17, 15) is 9.59 Å². The number of carbonyl (C=O) groups is 2. The van der Waals surface area contributed by atoms with E-state index in [2.05, 4.69) is 5.92 Å². The number of nitrogens with zero attached hydrogens (tertiary/aromatic N) is 1. The first-order valence-corrected chi connectivity index (χ1v) is 9.61. The van der Waals surface area contributed by atoms with Crippen molar-refractivity contribution in [2.24, 2.45) is 0 Å². The molecule has 0 fully saturated rings. The molecule has 1 atom stereocenters. The standard InChI is InChI=1S/C24H25NO4/c1-5-15-25(23(27)29-24(2,3)4)21-14-12-17-11-13-19(16-20(17)21)28-22(26)18-9-7-6-8-10-18/h1,6-11,13,16,21H,12,14-15H2,2-4H3. The maximum absolute atomic E-state index is 12.7. The lowest BCUT2D eigenvalue weighted by Crippen LogP contribution is -2.39. The Kier molecular flexibility index (Phi) is 5.93. The second-order valence-electron chi connectivity index (χ2n) is 7.98. The number of ether oxygens (including phenoxy) is 2. The highest BCUT2D eigenvalue weighted by atomic mass is 16.6. The van der Waals surface area contributed by atoms with Gasteiger partial charge in [-0.1, -0.05) is 30.2 Å². The molecule has 150 valence electrons. The summed E-state index contributed by atoms with van der Waals surface area (Å²) in [5, 5.41) is 0. The molecule has 0 heterocycles. The maximum Gasteiger partial charge on any atom is 0.411 e. The summed E-state index contributed by atoms with van der Waals surface area (Å²) in [5.41, 5.74) is 1.91. The van der Waals surface area contributed by atoms with E-state index in [1.165, 1.54) is 0 Å². The molecular weight excluding hydrogens is 366 g/mol. The lowest BCUT2D eigenvalue weighted by molar-refractivity contribution is 0.0190. The lowest BCUT2D eigenvalue weighted by atomic mass is 10.1. The summed E-state index contributed by atoms with van der Waals surface area (Å²) in [6.07, 6.45) is 6.62. The molecule has 29 heavy (non-hydrogen) atoms. The van der Waals surface area contributed by atoms with Gasteiger partial charge in [-0.15, -0.1) is 6.42 Å². The zero-order chi connectivity index (χ0) is 21.0. The van der Waals surface area contributed by atoms with Crippen molar-refractivity contribution in [3.63, 3.8) is 0 Å². The lowest BCUT2D eigenvalue weighted by Gasteiger charge is -2.31. The molecule has 1 aliphatic carbocycles. The normalized spacial score (nSPS) is 15.2. The summed E-state index contributed by atoms with van der Waals surface area (Å²) < 4.78 is 11.1. The largest absolute Gasteiger partial charge is 0.444 e. The number of terminal acetylenes is 1. The molecule has 1 amide bonds. The molecule has 0 N–H and O–H groups in total. The van der Waals surface area contributed by atoms with E-state index in [0.717, 1.165) is 24.0 Å². The van der Waals surface area contributed by atoms with Crippen molar-refractivity contribution in [2.75, 3.05) is 6.54 Å². The zero-order valence-corrected chi connectivity index (χ0v) is 17.0. The highest BCUT2D eigenvalue weighted by Crippen LogP contribution is 2.38. The van der Waals surface area contributed by atoms with Crippen molar-refractivity contribution < 1.29 is 19.1 Å². The first-order chi connectivity index (χ1) is 13.8. The minimum Gasteiger partial charge on any atom is -0.444 e. The van der Waals surface area contributed by atoms with Gasteiger partial charge in [-0.2, -0.15) is 0 Å². The number of hydrogen-bond acceptors (Lipinski definition) is 4. The summed E-state index contributed by atoms with van der Waals surface area (Å²) in [5.74, 6) is 2.57. The highest BCUT2D eigenvalue weighted by molar-refractivity contribution is 5.91. The predicted octanol–water partition coefficient (Wildman–Crippen LogP) is 4.76. The van der Waals surface area contributed by atoms with Crippen LogP contribution in [0.15, 0.2) is 48.5 Å². The van der Waals surface area contributed by atoms with E-state index >= 15 is 0 Å². The predicted molar refractivity (Wildman–Crippen MR) is 111 cm³/mol. The summed E-state index contributed by atoms with van der Waals surface area (Å²) in [7, 11) is 0. The number of rotatable bonds is 4. The fourth-order valence-electron chi connectivity index (χ4n) is 3.41. The Morgan fingerprint density at radius 2 is 1.90 bits per heavy atom. The van der Waals surface area contributed by atoms with Crippen LogP contribution in [0.25, 0.3) is 0 Å². The highest BCUT2D eigenvalue weighted by Gasteiger charge is 2.33. The fourth-order valence-corrected chi connectivity index (χ4v) is 3.41. The van der Waals surface area contributed by atoms with E-state index in [0.29, 0.717) is 11.3 Å². The Balaban J connectivity index is 1.83. The number of carbonyl (C=O) groups excluding carboxylic acids is 2. The number of fused-ring (bicyclic) bond motifs is 1. The third kappa shape index (κ3) is 4.97. The average molecular weight is 391 g/mol. The summed E-state index contributed by atoms with van der Waals surface area (Å²) in [4.78, 5) is 26.6. The Morgan fingerprint density at radius 1 is 1.17 bits per heavy atom. The first kappa shape index (κ1) is 20.5. The van der Waals surface area contributed by atoms with Crippen molar-refractivity contribution in [3.05, 3.63) is 65.2 Å². The van der Waals surface area contributed by atoms with Crippen LogP contribution in [0.3, 0.4) is 0 Å². The van der Waals surface area contributed by atoms with Crippen LogP contribution in [-0.2, 0) is 11.2 Å². The van der Waals surface area contributed by atoms with Gasteiger partial charge in [-0.05, 0) is 69.0 Å². The molecule has 0 spiro atoms. The number of esters is 1. The topological polar surface area (TPSA) is 55.8 Å². The van der Waals surface area contributed by atoms with E-state index in [-0.39, 0.29) is 12.6 Å². The fraction of sp³-hybridized carbons (Fsp3) is 0.333.